The number of hydrogen-bond donors (Lipinski definition) is 2. The lowest BCUT2D eigenvalue weighted by molar-refractivity contribution is -0.146. The van der Waals surface area contributed by atoms with Crippen molar-refractivity contribution in [2.45, 2.75) is 44.1 Å². The van der Waals surface area contributed by atoms with Crippen molar-refractivity contribution < 1.29 is 14.7 Å². The number of carbonyl (C=O) groups is 2. The molecule has 2 aliphatic carbocycles. The van der Waals surface area contributed by atoms with Gasteiger partial charge in [-0.2, -0.15) is 0 Å². The molecule has 1 amide bonds. The van der Waals surface area contributed by atoms with Gasteiger partial charge in [-0.25, -0.2) is 4.79 Å². The van der Waals surface area contributed by atoms with E-state index < -0.39 is 11.5 Å². The van der Waals surface area contributed by atoms with Crippen molar-refractivity contribution in [2.24, 2.45) is 5.92 Å². The van der Waals surface area contributed by atoms with Crippen LogP contribution >= 0.6 is 0 Å². The number of carbonyl (C=O) groups excluding carboxylic acids is 1. The van der Waals surface area contributed by atoms with Gasteiger partial charge in [-0.05, 0) is 37.7 Å². The van der Waals surface area contributed by atoms with Crippen LogP contribution in [0.5, 0.6) is 0 Å². The van der Waals surface area contributed by atoms with Crippen molar-refractivity contribution in [3.63, 3.8) is 0 Å². The summed E-state index contributed by atoms with van der Waals surface area (Å²) in [6.45, 7) is 0. The Labute approximate surface area is 94.7 Å². The van der Waals surface area contributed by atoms with Gasteiger partial charge >= 0.3 is 5.97 Å². The first-order chi connectivity index (χ1) is 7.62. The number of nitrogens with one attached hydrogen (secondary N) is 1. The SMILES string of the molecule is O=C(/C=C/C1CC1)NC1(C(=O)O)CCCC1. The number of carboxylic acid groups (broad SMARTS) is 1. The zero-order chi connectivity index (χ0) is 11.6. The third-order valence-electron chi connectivity index (χ3n) is 3.37. The Balaban J connectivity index is 1.94. The number of allylic oxidation sites excluding steroid dienone is 1. The second-order valence-electron chi connectivity index (χ2n) is 4.78. The molecule has 2 fully saturated rings. The van der Waals surface area contributed by atoms with E-state index in [0.29, 0.717) is 18.8 Å². The fourth-order valence-electron chi connectivity index (χ4n) is 2.16. The molecule has 0 aliphatic heterocycles. The molecule has 2 saturated carbocycles. The maximum Gasteiger partial charge on any atom is 0.329 e. The van der Waals surface area contributed by atoms with Crippen molar-refractivity contribution in [3.8, 4) is 0 Å². The Kier molecular flexibility index (Phi) is 2.99. The van der Waals surface area contributed by atoms with Gasteiger partial charge in [-0.3, -0.25) is 4.79 Å². The van der Waals surface area contributed by atoms with Gasteiger partial charge in [0.25, 0.3) is 0 Å². The van der Waals surface area contributed by atoms with Crippen LogP contribution in [-0.2, 0) is 9.59 Å². The quantitative estimate of drug-likeness (QED) is 0.709. The second kappa shape index (κ2) is 4.28. The summed E-state index contributed by atoms with van der Waals surface area (Å²) in [5.74, 6) is -0.635. The maximum atomic E-state index is 11.6. The number of rotatable bonds is 4. The van der Waals surface area contributed by atoms with E-state index in [1.165, 1.54) is 6.08 Å². The first-order valence-corrected chi connectivity index (χ1v) is 5.86. The summed E-state index contributed by atoms with van der Waals surface area (Å²) >= 11 is 0. The minimum Gasteiger partial charge on any atom is -0.480 e. The number of hydrogen-bond acceptors (Lipinski definition) is 2. The molecule has 0 spiro atoms. The molecule has 0 saturated heterocycles. The average Bonchev–Trinajstić information content (AvgIpc) is 2.95. The van der Waals surface area contributed by atoms with E-state index in [4.69, 9.17) is 5.11 Å². The normalized spacial score (nSPS) is 23.5. The summed E-state index contributed by atoms with van der Waals surface area (Å²) in [4.78, 5) is 22.8. The Morgan fingerprint density at radius 3 is 2.38 bits per heavy atom. The monoisotopic (exact) mass is 223 g/mol. The van der Waals surface area contributed by atoms with Crippen LogP contribution in [0.2, 0.25) is 0 Å². The highest BCUT2D eigenvalue weighted by Crippen LogP contribution is 2.31. The smallest absolute Gasteiger partial charge is 0.329 e. The minimum atomic E-state index is -1.01. The molecule has 0 aromatic rings. The average molecular weight is 223 g/mol. The van der Waals surface area contributed by atoms with Crippen molar-refractivity contribution in [2.75, 3.05) is 0 Å². The number of carboxylic acids is 1. The lowest BCUT2D eigenvalue weighted by Crippen LogP contribution is -2.52. The number of amides is 1. The van der Waals surface area contributed by atoms with Gasteiger partial charge in [0.1, 0.15) is 5.54 Å². The predicted octanol–water partition coefficient (Wildman–Crippen LogP) is 1.47. The highest BCUT2D eigenvalue weighted by molar-refractivity contribution is 5.93. The van der Waals surface area contributed by atoms with Gasteiger partial charge in [0.2, 0.25) is 5.91 Å². The van der Waals surface area contributed by atoms with E-state index in [1.807, 2.05) is 6.08 Å². The van der Waals surface area contributed by atoms with Gasteiger partial charge in [-0.15, -0.1) is 0 Å². The molecule has 0 aromatic heterocycles. The highest BCUT2D eigenvalue weighted by Gasteiger charge is 2.42. The lowest BCUT2D eigenvalue weighted by Gasteiger charge is -2.24. The van der Waals surface area contributed by atoms with E-state index in [2.05, 4.69) is 5.32 Å². The van der Waals surface area contributed by atoms with Crippen molar-refractivity contribution >= 4 is 11.9 Å². The molecule has 0 atom stereocenters. The summed E-state index contributed by atoms with van der Waals surface area (Å²) in [6.07, 6.45) is 8.50. The Bertz CT molecular complexity index is 325. The van der Waals surface area contributed by atoms with E-state index in [1.54, 1.807) is 0 Å². The first-order valence-electron chi connectivity index (χ1n) is 5.86. The molecule has 0 bridgehead atoms. The van der Waals surface area contributed by atoms with E-state index in [9.17, 15) is 9.59 Å². The molecule has 0 aromatic carbocycles. The molecular formula is C12H17NO3. The summed E-state index contributed by atoms with van der Waals surface area (Å²) in [7, 11) is 0. The van der Waals surface area contributed by atoms with Gasteiger partial charge in [-0.1, -0.05) is 18.9 Å². The van der Waals surface area contributed by atoms with E-state index >= 15 is 0 Å². The molecule has 4 nitrogen and oxygen atoms in total. The molecule has 16 heavy (non-hydrogen) atoms. The molecule has 88 valence electrons. The van der Waals surface area contributed by atoms with Crippen LogP contribution in [-0.4, -0.2) is 22.5 Å². The maximum absolute atomic E-state index is 11.6. The zero-order valence-corrected chi connectivity index (χ0v) is 9.24. The number of aliphatic carboxylic acids is 1. The van der Waals surface area contributed by atoms with Gasteiger partial charge < -0.3 is 10.4 Å². The summed E-state index contributed by atoms with van der Waals surface area (Å²) in [6, 6.07) is 0. The fourth-order valence-corrected chi connectivity index (χ4v) is 2.16. The van der Waals surface area contributed by atoms with Crippen LogP contribution in [0, 0.1) is 5.92 Å². The van der Waals surface area contributed by atoms with Crippen LogP contribution in [0.4, 0.5) is 0 Å². The van der Waals surface area contributed by atoms with Gasteiger partial charge in [0.05, 0.1) is 0 Å². The standard InChI is InChI=1S/C12H17NO3/c14-10(6-5-9-3-4-9)13-12(11(15)16)7-1-2-8-12/h5-6,9H,1-4,7-8H2,(H,13,14)(H,15,16)/b6-5+. The fraction of sp³-hybridized carbons (Fsp3) is 0.667. The zero-order valence-electron chi connectivity index (χ0n) is 9.24. The van der Waals surface area contributed by atoms with Crippen LogP contribution in [0.25, 0.3) is 0 Å². The van der Waals surface area contributed by atoms with Crippen molar-refractivity contribution in [1.82, 2.24) is 5.32 Å². The Hall–Kier alpha value is -1.32. The van der Waals surface area contributed by atoms with Crippen molar-refractivity contribution in [1.29, 1.82) is 0 Å². The third-order valence-corrected chi connectivity index (χ3v) is 3.37. The van der Waals surface area contributed by atoms with Crippen LogP contribution in [0.15, 0.2) is 12.2 Å². The molecule has 0 radical (unpaired) electrons. The molecule has 0 heterocycles. The molecule has 0 unspecified atom stereocenters. The largest absolute Gasteiger partial charge is 0.480 e. The minimum absolute atomic E-state index is 0.267. The van der Waals surface area contributed by atoms with E-state index in [0.717, 1.165) is 25.7 Å². The first kappa shape index (κ1) is 11.2. The highest BCUT2D eigenvalue weighted by atomic mass is 16.4. The Morgan fingerprint density at radius 2 is 1.88 bits per heavy atom. The molecule has 2 aliphatic rings. The Morgan fingerprint density at radius 1 is 1.25 bits per heavy atom. The van der Waals surface area contributed by atoms with Gasteiger partial charge in [0.15, 0.2) is 0 Å². The lowest BCUT2D eigenvalue weighted by atomic mass is 9.98. The van der Waals surface area contributed by atoms with Crippen LogP contribution in [0.1, 0.15) is 38.5 Å². The summed E-state index contributed by atoms with van der Waals surface area (Å²) < 4.78 is 0. The summed E-state index contributed by atoms with van der Waals surface area (Å²) in [5, 5.41) is 11.8. The molecule has 2 N–H and O–H groups in total. The van der Waals surface area contributed by atoms with E-state index in [-0.39, 0.29) is 5.91 Å². The third kappa shape index (κ3) is 2.43. The van der Waals surface area contributed by atoms with Crippen molar-refractivity contribution in [3.05, 3.63) is 12.2 Å². The van der Waals surface area contributed by atoms with Crippen LogP contribution in [0.3, 0.4) is 0 Å². The topological polar surface area (TPSA) is 66.4 Å². The molecule has 4 heteroatoms. The summed E-state index contributed by atoms with van der Waals surface area (Å²) in [5.41, 5.74) is -1.01. The molecular weight excluding hydrogens is 206 g/mol. The predicted molar refractivity (Wildman–Crippen MR) is 58.8 cm³/mol. The second-order valence-corrected chi connectivity index (χ2v) is 4.78. The van der Waals surface area contributed by atoms with Crippen LogP contribution < -0.4 is 5.32 Å². The van der Waals surface area contributed by atoms with Gasteiger partial charge in [0, 0.05) is 0 Å². The molecule has 2 rings (SSSR count).